The third-order valence-corrected chi connectivity index (χ3v) is 7.80. The summed E-state index contributed by atoms with van der Waals surface area (Å²) in [6.45, 7) is 6.86. The van der Waals surface area contributed by atoms with Gasteiger partial charge in [0.25, 0.3) is 0 Å². The lowest BCUT2D eigenvalue weighted by molar-refractivity contribution is -0.111. The van der Waals surface area contributed by atoms with Gasteiger partial charge in [-0.1, -0.05) is 30.3 Å². The van der Waals surface area contributed by atoms with Crippen molar-refractivity contribution in [1.29, 1.82) is 0 Å². The second-order valence-corrected chi connectivity index (χ2v) is 12.3. The topological polar surface area (TPSA) is 132 Å². The zero-order valence-electron chi connectivity index (χ0n) is 24.8. The Morgan fingerprint density at radius 2 is 1.81 bits per heavy atom. The van der Waals surface area contributed by atoms with Gasteiger partial charge in [0.05, 0.1) is 48.0 Å². The van der Waals surface area contributed by atoms with Gasteiger partial charge < -0.3 is 30.5 Å². The van der Waals surface area contributed by atoms with E-state index in [1.165, 1.54) is 23.6 Å². The van der Waals surface area contributed by atoms with E-state index in [2.05, 4.69) is 37.4 Å². The maximum Gasteiger partial charge on any atom is 0.247 e. The Morgan fingerprint density at radius 3 is 2.43 bits per heavy atom. The highest BCUT2D eigenvalue weighted by Gasteiger charge is 2.20. The number of hydrogen-bond donors (Lipinski definition) is 3. The number of hydrogen-bond acceptors (Lipinski definition) is 10. The summed E-state index contributed by atoms with van der Waals surface area (Å²) in [6.07, 6.45) is 3.75. The molecule has 3 rings (SSSR count). The minimum Gasteiger partial charge on any atom is -0.494 e. The largest absolute Gasteiger partial charge is 0.494 e. The van der Waals surface area contributed by atoms with Crippen LogP contribution in [0, 0.1) is 6.92 Å². The first-order chi connectivity index (χ1) is 19.7. The molecular formula is C28H37ClN8O4S. The van der Waals surface area contributed by atoms with Crippen LogP contribution in [-0.4, -0.2) is 83.8 Å². The highest BCUT2D eigenvalue weighted by molar-refractivity contribution is 7.92. The molecule has 42 heavy (non-hydrogen) atoms. The number of carbonyl (C=O) groups is 1. The number of carbonyl (C=O) groups excluding carboxylic acids is 1. The molecule has 0 radical (unpaired) electrons. The molecule has 0 bridgehead atoms. The molecule has 2 aromatic carbocycles. The molecule has 12 nitrogen and oxygen atoms in total. The van der Waals surface area contributed by atoms with E-state index in [0.717, 1.165) is 24.1 Å². The van der Waals surface area contributed by atoms with Crippen molar-refractivity contribution in [1.82, 2.24) is 14.9 Å². The number of sulfonamides is 1. The fourth-order valence-corrected chi connectivity index (χ4v) is 4.72. The van der Waals surface area contributed by atoms with E-state index in [1.54, 1.807) is 25.3 Å². The third kappa shape index (κ3) is 8.02. The number of methoxy groups -OCH3 is 1. The monoisotopic (exact) mass is 616 g/mol. The highest BCUT2D eigenvalue weighted by atomic mass is 35.5. The number of rotatable bonds is 13. The first-order valence-electron chi connectivity index (χ1n) is 12.9. The molecule has 226 valence electrons. The van der Waals surface area contributed by atoms with Crippen molar-refractivity contribution in [2.75, 3.05) is 79.8 Å². The smallest absolute Gasteiger partial charge is 0.247 e. The lowest BCUT2D eigenvalue weighted by Crippen LogP contribution is -2.29. The minimum absolute atomic E-state index is 0.181. The lowest BCUT2D eigenvalue weighted by atomic mass is 10.1. The summed E-state index contributed by atoms with van der Waals surface area (Å²) in [7, 11) is 5.39. The van der Waals surface area contributed by atoms with Crippen LogP contribution in [0.5, 0.6) is 5.75 Å². The van der Waals surface area contributed by atoms with Crippen molar-refractivity contribution in [3.05, 3.63) is 59.8 Å². The average molecular weight is 617 g/mol. The number of likely N-dealkylation sites (N-methyl/N-ethyl adjacent to an activating group) is 2. The molecule has 0 fully saturated rings. The predicted molar refractivity (Wildman–Crippen MR) is 172 cm³/mol. The average Bonchev–Trinajstić information content (AvgIpc) is 2.92. The molecule has 1 amide bonds. The van der Waals surface area contributed by atoms with Crippen LogP contribution in [0.15, 0.2) is 49.2 Å². The fraction of sp³-hybridized carbons (Fsp3) is 0.321. The Balaban J connectivity index is 2.01. The number of aromatic nitrogens is 2. The second-order valence-electron chi connectivity index (χ2n) is 9.83. The van der Waals surface area contributed by atoms with Gasteiger partial charge in [-0.15, -0.1) is 0 Å². The lowest BCUT2D eigenvalue weighted by Gasteiger charge is -2.26. The van der Waals surface area contributed by atoms with Gasteiger partial charge in [-0.3, -0.25) is 9.10 Å². The van der Waals surface area contributed by atoms with Crippen molar-refractivity contribution in [2.45, 2.75) is 6.92 Å². The van der Waals surface area contributed by atoms with Gasteiger partial charge in [0.2, 0.25) is 21.9 Å². The van der Waals surface area contributed by atoms with E-state index in [1.807, 2.05) is 45.1 Å². The van der Waals surface area contributed by atoms with E-state index in [-0.39, 0.29) is 22.7 Å². The SMILES string of the molecule is C=CC(=O)Nc1cc(Nc2ncc(Cl)c(Nc3cccc(C)c3N(C)S(C)(=O)=O)n2)c(OC)cc1N(C)CCN(C)C. The zero-order valence-corrected chi connectivity index (χ0v) is 26.4. The predicted octanol–water partition coefficient (Wildman–Crippen LogP) is 4.45. The molecule has 1 aromatic heterocycles. The van der Waals surface area contributed by atoms with Crippen molar-refractivity contribution in [3.8, 4) is 5.75 Å². The van der Waals surface area contributed by atoms with Crippen molar-refractivity contribution in [3.63, 3.8) is 0 Å². The zero-order chi connectivity index (χ0) is 31.2. The summed E-state index contributed by atoms with van der Waals surface area (Å²) >= 11 is 6.44. The van der Waals surface area contributed by atoms with Crippen molar-refractivity contribution in [2.24, 2.45) is 0 Å². The number of nitrogens with zero attached hydrogens (tertiary/aromatic N) is 5. The highest BCUT2D eigenvalue weighted by Crippen LogP contribution is 2.39. The van der Waals surface area contributed by atoms with Crippen molar-refractivity contribution >= 4 is 67.7 Å². The van der Waals surface area contributed by atoms with Crippen molar-refractivity contribution < 1.29 is 17.9 Å². The standard InChI is InChI=1S/C28H37ClN8O4S/c1-9-25(38)31-21-15-22(24(41-7)16-23(21)36(5)14-13-35(3)4)33-28-30-17-19(29)27(34-28)32-20-12-10-11-18(2)26(20)37(6)42(8,39)40/h9-12,15-17H,1,13-14H2,2-8H3,(H,31,38)(H2,30,32,33,34). The molecule has 0 aliphatic heterocycles. The van der Waals surface area contributed by atoms with Crippen LogP contribution in [0.2, 0.25) is 5.02 Å². The van der Waals surface area contributed by atoms with Gasteiger partial charge in [-0.25, -0.2) is 13.4 Å². The van der Waals surface area contributed by atoms with E-state index in [4.69, 9.17) is 16.3 Å². The quantitative estimate of drug-likeness (QED) is 0.237. The summed E-state index contributed by atoms with van der Waals surface area (Å²) in [4.78, 5) is 25.2. The Morgan fingerprint density at radius 1 is 1.10 bits per heavy atom. The van der Waals surface area contributed by atoms with Crippen LogP contribution in [0.4, 0.5) is 40.2 Å². The van der Waals surface area contributed by atoms with Gasteiger partial charge in [0, 0.05) is 33.3 Å². The Bertz CT molecular complexity index is 1570. The van der Waals surface area contributed by atoms with Gasteiger partial charge in [0.15, 0.2) is 5.82 Å². The maximum absolute atomic E-state index is 12.3. The van der Waals surface area contributed by atoms with Crippen LogP contribution in [0.25, 0.3) is 0 Å². The molecular weight excluding hydrogens is 580 g/mol. The minimum atomic E-state index is -3.53. The number of benzene rings is 2. The molecule has 0 saturated heterocycles. The van der Waals surface area contributed by atoms with Crippen LogP contribution in [-0.2, 0) is 14.8 Å². The summed E-state index contributed by atoms with van der Waals surface area (Å²) < 4.78 is 31.5. The molecule has 0 aliphatic carbocycles. The summed E-state index contributed by atoms with van der Waals surface area (Å²) in [5.41, 5.74) is 3.46. The third-order valence-electron chi connectivity index (χ3n) is 6.35. The molecule has 0 spiro atoms. The Hall–Kier alpha value is -4.07. The van der Waals surface area contributed by atoms with Gasteiger partial charge in [-0.2, -0.15) is 4.98 Å². The Labute approximate surface area is 252 Å². The van der Waals surface area contributed by atoms with Crippen LogP contribution >= 0.6 is 11.6 Å². The number of para-hydroxylation sites is 1. The summed E-state index contributed by atoms with van der Waals surface area (Å²) in [5.74, 6) is 0.556. The van der Waals surface area contributed by atoms with Gasteiger partial charge in [0.1, 0.15) is 10.8 Å². The molecule has 0 aliphatic rings. The van der Waals surface area contributed by atoms with E-state index < -0.39 is 10.0 Å². The van der Waals surface area contributed by atoms with E-state index in [0.29, 0.717) is 35.0 Å². The maximum atomic E-state index is 12.3. The first-order valence-corrected chi connectivity index (χ1v) is 15.1. The molecule has 1 heterocycles. The Kier molecular flexibility index (Phi) is 10.6. The molecule has 0 saturated carbocycles. The fourth-order valence-electron chi connectivity index (χ4n) is 4.01. The molecule has 3 N–H and O–H groups in total. The number of nitrogens with one attached hydrogen (secondary N) is 3. The molecule has 14 heteroatoms. The van der Waals surface area contributed by atoms with E-state index in [9.17, 15) is 13.2 Å². The van der Waals surface area contributed by atoms with Gasteiger partial charge in [-0.05, 0) is 44.8 Å². The van der Waals surface area contributed by atoms with Gasteiger partial charge >= 0.3 is 0 Å². The second kappa shape index (κ2) is 13.7. The molecule has 0 unspecified atom stereocenters. The molecule has 0 atom stereocenters. The number of amides is 1. The van der Waals surface area contributed by atoms with Crippen LogP contribution in [0.3, 0.4) is 0 Å². The number of anilines is 7. The first kappa shape index (κ1) is 32.4. The number of ether oxygens (including phenoxy) is 1. The summed E-state index contributed by atoms with van der Waals surface area (Å²) in [5, 5.41) is 9.36. The van der Waals surface area contributed by atoms with E-state index >= 15 is 0 Å². The number of aryl methyl sites for hydroxylation is 1. The normalized spacial score (nSPS) is 11.2. The number of halogens is 1. The molecule has 3 aromatic rings. The van der Waals surface area contributed by atoms with Crippen LogP contribution in [0.1, 0.15) is 5.56 Å². The summed E-state index contributed by atoms with van der Waals surface area (Å²) in [6, 6.07) is 8.89. The van der Waals surface area contributed by atoms with Crippen LogP contribution < -0.4 is 29.9 Å².